The summed E-state index contributed by atoms with van der Waals surface area (Å²) in [5.41, 5.74) is 4.04. The number of carbonyl (C=O) groups excluding carboxylic acids is 2. The number of nitrogens with one attached hydrogen (secondary N) is 1. The minimum absolute atomic E-state index is 0.0280. The fourth-order valence-electron chi connectivity index (χ4n) is 5.03. The molecule has 0 bridgehead atoms. The third kappa shape index (κ3) is 8.60. The van der Waals surface area contributed by atoms with Crippen molar-refractivity contribution < 1.29 is 22.4 Å². The van der Waals surface area contributed by atoms with E-state index in [2.05, 4.69) is 5.32 Å². The number of hydrogen-bond acceptors (Lipinski definition) is 4. The van der Waals surface area contributed by atoms with Crippen molar-refractivity contribution in [1.29, 1.82) is 0 Å². The van der Waals surface area contributed by atoms with Crippen molar-refractivity contribution in [2.75, 3.05) is 17.4 Å². The molecule has 0 fully saturated rings. The monoisotopic (exact) mass is 643 g/mol. The quantitative estimate of drug-likeness (QED) is 0.184. The molecule has 0 aliphatic heterocycles. The van der Waals surface area contributed by atoms with E-state index in [0.717, 1.165) is 26.6 Å². The lowest BCUT2D eigenvalue weighted by molar-refractivity contribution is -0.140. The van der Waals surface area contributed by atoms with E-state index in [1.54, 1.807) is 42.5 Å². The lowest BCUT2D eigenvalue weighted by atomic mass is 10.0. The number of rotatable bonds is 13. The van der Waals surface area contributed by atoms with Gasteiger partial charge in [-0.2, -0.15) is 0 Å². The molecule has 0 aliphatic carbocycles. The molecule has 0 heterocycles. The van der Waals surface area contributed by atoms with E-state index < -0.39 is 40.2 Å². The Hall–Kier alpha value is -4.50. The minimum Gasteiger partial charge on any atom is -0.354 e. The molecular formula is C37H42FN3O4S. The molecule has 2 amide bonds. The summed E-state index contributed by atoms with van der Waals surface area (Å²) in [6.45, 7) is 9.12. The number of halogens is 1. The number of hydrogen-bond donors (Lipinski definition) is 1. The average molecular weight is 644 g/mol. The zero-order chi connectivity index (χ0) is 33.4. The molecule has 0 radical (unpaired) electrons. The zero-order valence-electron chi connectivity index (χ0n) is 27.0. The summed E-state index contributed by atoms with van der Waals surface area (Å²) in [5.74, 6) is -1.42. The van der Waals surface area contributed by atoms with E-state index >= 15 is 4.39 Å². The Balaban J connectivity index is 1.82. The Kier molecular flexibility index (Phi) is 11.4. The molecular weight excluding hydrogens is 601 g/mol. The maximum Gasteiger partial charge on any atom is 0.264 e. The van der Waals surface area contributed by atoms with Crippen LogP contribution in [0.3, 0.4) is 0 Å². The predicted molar refractivity (Wildman–Crippen MR) is 180 cm³/mol. The van der Waals surface area contributed by atoms with E-state index in [0.29, 0.717) is 12.2 Å². The van der Waals surface area contributed by atoms with Crippen LogP contribution < -0.4 is 9.62 Å². The van der Waals surface area contributed by atoms with Gasteiger partial charge < -0.3 is 10.2 Å². The first-order valence-corrected chi connectivity index (χ1v) is 16.8. The lowest BCUT2D eigenvalue weighted by Gasteiger charge is -2.34. The molecule has 242 valence electrons. The van der Waals surface area contributed by atoms with E-state index in [4.69, 9.17) is 0 Å². The molecule has 0 saturated carbocycles. The molecule has 9 heteroatoms. The summed E-state index contributed by atoms with van der Waals surface area (Å²) < 4.78 is 44.5. The van der Waals surface area contributed by atoms with Crippen LogP contribution in [0, 0.1) is 32.5 Å². The molecule has 1 N–H and O–H groups in total. The number of amides is 2. The average Bonchev–Trinajstić information content (AvgIpc) is 3.03. The maximum absolute atomic E-state index is 15.1. The van der Waals surface area contributed by atoms with E-state index in [-0.39, 0.29) is 29.3 Å². The van der Waals surface area contributed by atoms with Crippen molar-refractivity contribution in [2.24, 2.45) is 5.92 Å². The molecule has 7 nitrogen and oxygen atoms in total. The fraction of sp³-hybridized carbons (Fsp3) is 0.297. The Labute approximate surface area is 272 Å². The number of sulfonamides is 1. The van der Waals surface area contributed by atoms with Crippen LogP contribution in [-0.2, 0) is 32.6 Å². The standard InChI is InChI=1S/C37H42FN3O4S/c1-26(2)23-39-37(43)35(22-30-11-7-6-8-12-30)40(24-31-13-9-10-14-34(31)38)36(42)25-41(32-18-17-28(4)29(5)21-32)46(44,45)33-19-15-27(3)16-20-33/h6-21,26,35H,22-25H2,1-5H3,(H,39,43)/t35-/m0/s1. The topological polar surface area (TPSA) is 86.8 Å². The normalized spacial score (nSPS) is 12.1. The summed E-state index contributed by atoms with van der Waals surface area (Å²) in [6.07, 6.45) is 0.152. The number of aryl methyl sites for hydroxylation is 3. The minimum atomic E-state index is -4.23. The van der Waals surface area contributed by atoms with E-state index in [1.165, 1.54) is 23.1 Å². The number of anilines is 1. The molecule has 4 aromatic carbocycles. The fourth-order valence-corrected chi connectivity index (χ4v) is 6.44. The van der Waals surface area contributed by atoms with Gasteiger partial charge in [0.25, 0.3) is 10.0 Å². The van der Waals surface area contributed by atoms with Gasteiger partial charge in [0, 0.05) is 25.1 Å². The third-order valence-electron chi connectivity index (χ3n) is 7.92. The van der Waals surface area contributed by atoms with Crippen molar-refractivity contribution in [3.05, 3.63) is 131 Å². The molecule has 0 unspecified atom stereocenters. The van der Waals surface area contributed by atoms with Crippen LogP contribution in [0.2, 0.25) is 0 Å². The first-order valence-electron chi connectivity index (χ1n) is 15.4. The molecule has 0 spiro atoms. The molecule has 0 aromatic heterocycles. The van der Waals surface area contributed by atoms with Gasteiger partial charge in [-0.15, -0.1) is 0 Å². The van der Waals surface area contributed by atoms with Gasteiger partial charge >= 0.3 is 0 Å². The highest BCUT2D eigenvalue weighted by Crippen LogP contribution is 2.27. The highest BCUT2D eigenvalue weighted by Gasteiger charge is 2.35. The van der Waals surface area contributed by atoms with Gasteiger partial charge in [-0.1, -0.05) is 86.1 Å². The first kappa shape index (κ1) is 34.4. The third-order valence-corrected chi connectivity index (χ3v) is 9.71. The van der Waals surface area contributed by atoms with E-state index in [9.17, 15) is 18.0 Å². The van der Waals surface area contributed by atoms with Gasteiger partial charge in [0.2, 0.25) is 11.8 Å². The Morgan fingerprint density at radius 3 is 2.11 bits per heavy atom. The van der Waals surface area contributed by atoms with Crippen LogP contribution in [0.1, 0.15) is 41.7 Å². The van der Waals surface area contributed by atoms with Crippen LogP contribution in [0.15, 0.2) is 102 Å². The maximum atomic E-state index is 15.1. The van der Waals surface area contributed by atoms with Crippen molar-refractivity contribution in [3.8, 4) is 0 Å². The van der Waals surface area contributed by atoms with Crippen LogP contribution in [0.25, 0.3) is 0 Å². The highest BCUT2D eigenvalue weighted by molar-refractivity contribution is 7.92. The molecule has 4 aromatic rings. The summed E-state index contributed by atoms with van der Waals surface area (Å²) in [7, 11) is -4.23. The van der Waals surface area contributed by atoms with Gasteiger partial charge in [0.05, 0.1) is 10.6 Å². The number of carbonyl (C=O) groups is 2. The Morgan fingerprint density at radius 2 is 1.48 bits per heavy atom. The van der Waals surface area contributed by atoms with E-state index in [1.807, 2.05) is 71.0 Å². The summed E-state index contributed by atoms with van der Waals surface area (Å²) in [5, 5.41) is 2.94. The van der Waals surface area contributed by atoms with Crippen LogP contribution in [0.4, 0.5) is 10.1 Å². The SMILES string of the molecule is Cc1ccc(S(=O)(=O)N(CC(=O)N(Cc2ccccc2F)[C@@H](Cc2ccccc2)C(=O)NCC(C)C)c2ccc(C)c(C)c2)cc1. The van der Waals surface area contributed by atoms with Gasteiger partial charge in [0.15, 0.2) is 0 Å². The molecule has 0 aliphatic rings. The second kappa shape index (κ2) is 15.2. The van der Waals surface area contributed by atoms with Crippen molar-refractivity contribution in [3.63, 3.8) is 0 Å². The molecule has 0 saturated heterocycles. The largest absolute Gasteiger partial charge is 0.354 e. The Bertz CT molecular complexity index is 1760. The zero-order valence-corrected chi connectivity index (χ0v) is 27.9. The number of nitrogens with zero attached hydrogens (tertiary/aromatic N) is 2. The predicted octanol–water partition coefficient (Wildman–Crippen LogP) is 6.36. The van der Waals surface area contributed by atoms with Crippen molar-refractivity contribution in [1.82, 2.24) is 10.2 Å². The van der Waals surface area contributed by atoms with Crippen molar-refractivity contribution in [2.45, 2.75) is 58.5 Å². The van der Waals surface area contributed by atoms with Crippen LogP contribution in [-0.4, -0.2) is 44.3 Å². The Morgan fingerprint density at radius 1 is 0.826 bits per heavy atom. The molecule has 4 rings (SSSR count). The second-order valence-electron chi connectivity index (χ2n) is 12.1. The van der Waals surface area contributed by atoms with Crippen molar-refractivity contribution >= 4 is 27.5 Å². The number of benzene rings is 4. The van der Waals surface area contributed by atoms with Gasteiger partial charge in [-0.25, -0.2) is 12.8 Å². The summed E-state index contributed by atoms with van der Waals surface area (Å²) in [6, 6.07) is 25.9. The van der Waals surface area contributed by atoms with Crippen LogP contribution in [0.5, 0.6) is 0 Å². The molecule has 46 heavy (non-hydrogen) atoms. The van der Waals surface area contributed by atoms with Gasteiger partial charge in [-0.05, 0) is 73.7 Å². The van der Waals surface area contributed by atoms with Gasteiger partial charge in [0.1, 0.15) is 18.4 Å². The van der Waals surface area contributed by atoms with Gasteiger partial charge in [-0.3, -0.25) is 13.9 Å². The lowest BCUT2D eigenvalue weighted by Crippen LogP contribution is -2.53. The summed E-state index contributed by atoms with van der Waals surface area (Å²) >= 11 is 0. The smallest absolute Gasteiger partial charge is 0.264 e. The molecule has 1 atom stereocenters. The summed E-state index contributed by atoms with van der Waals surface area (Å²) in [4.78, 5) is 29.7. The second-order valence-corrected chi connectivity index (χ2v) is 13.9. The first-order chi connectivity index (χ1) is 21.9. The highest BCUT2D eigenvalue weighted by atomic mass is 32.2. The van der Waals surface area contributed by atoms with Crippen LogP contribution >= 0.6 is 0 Å².